The van der Waals surface area contributed by atoms with Crippen molar-refractivity contribution < 1.29 is 62.0 Å². The lowest BCUT2D eigenvalue weighted by Crippen LogP contribution is -2.69. The highest BCUT2D eigenvalue weighted by Crippen LogP contribution is 2.26. The molecule has 244 valence electrons. The molecule has 43 heavy (non-hydrogen) atoms. The van der Waals surface area contributed by atoms with E-state index in [9.17, 15) is 33.6 Å². The Morgan fingerprint density at radius 1 is 0.744 bits per heavy atom. The van der Waals surface area contributed by atoms with E-state index in [0.29, 0.717) is 0 Å². The lowest BCUT2D eigenvalue weighted by Gasteiger charge is -2.45. The van der Waals surface area contributed by atoms with Crippen LogP contribution in [0.3, 0.4) is 0 Å². The number of rotatable bonds is 10. The van der Waals surface area contributed by atoms with Crippen LogP contribution in [-0.2, 0) is 57.2 Å². The third-order valence-corrected chi connectivity index (χ3v) is 5.19. The summed E-state index contributed by atoms with van der Waals surface area (Å²) < 4.78 is 32.2. The smallest absolute Gasteiger partial charge is 0.408 e. The SMILES string of the molecule is CC(=O)N[C@@H]1[C@@H](OC(C)=O)[C@H](OC(C)=O)[C@@H](COC(C)=O)O[C@H]1NC(=O)C[C@H](NC(=O)OC(C)(C)C)C(=O)OC(C)(C)C. The Balaban J connectivity index is 3.39. The maximum atomic E-state index is 13.3. The van der Waals surface area contributed by atoms with Gasteiger partial charge in [-0.1, -0.05) is 0 Å². The van der Waals surface area contributed by atoms with Gasteiger partial charge in [0.15, 0.2) is 18.4 Å². The zero-order chi connectivity index (χ0) is 33.3. The number of amides is 3. The van der Waals surface area contributed by atoms with Gasteiger partial charge in [-0.05, 0) is 41.5 Å². The van der Waals surface area contributed by atoms with Crippen LogP contribution in [0.2, 0.25) is 0 Å². The standard InChI is InChI=1S/C27H43N3O13/c1-13(31)28-20-22(40-16(4)34)21(39-15(3)33)18(12-38-14(2)32)41-23(20)30-19(35)11-17(24(36)42-26(5,6)7)29-25(37)43-27(8,9)10/h17-18,20-23H,11-12H2,1-10H3,(H,28,31)(H,29,37)(H,30,35)/t17-,18+,20+,21+,22+,23+/m0/s1. The molecule has 0 unspecified atom stereocenters. The summed E-state index contributed by atoms with van der Waals surface area (Å²) in [6.45, 7) is 13.6. The van der Waals surface area contributed by atoms with Crippen LogP contribution in [0.15, 0.2) is 0 Å². The van der Waals surface area contributed by atoms with Crippen molar-refractivity contribution >= 4 is 41.8 Å². The van der Waals surface area contributed by atoms with Crippen LogP contribution in [0.5, 0.6) is 0 Å². The van der Waals surface area contributed by atoms with E-state index in [2.05, 4.69) is 16.0 Å². The van der Waals surface area contributed by atoms with Gasteiger partial charge in [-0.25, -0.2) is 9.59 Å². The van der Waals surface area contributed by atoms with Crippen LogP contribution in [0.4, 0.5) is 4.79 Å². The molecule has 1 rings (SSSR count). The Bertz CT molecular complexity index is 1060. The molecule has 1 saturated heterocycles. The second-order valence-electron chi connectivity index (χ2n) is 11.8. The summed E-state index contributed by atoms with van der Waals surface area (Å²) in [4.78, 5) is 86.2. The summed E-state index contributed by atoms with van der Waals surface area (Å²) in [5.41, 5.74) is -1.87. The lowest BCUT2D eigenvalue weighted by molar-refractivity contribution is -0.228. The lowest BCUT2D eigenvalue weighted by atomic mass is 9.95. The summed E-state index contributed by atoms with van der Waals surface area (Å²) in [6.07, 6.45) is -7.16. The van der Waals surface area contributed by atoms with Crippen molar-refractivity contribution in [2.75, 3.05) is 6.61 Å². The molecule has 1 aliphatic rings. The zero-order valence-corrected chi connectivity index (χ0v) is 26.2. The molecular formula is C27H43N3O13. The van der Waals surface area contributed by atoms with Crippen LogP contribution >= 0.6 is 0 Å². The number of carbonyl (C=O) groups excluding carboxylic acids is 7. The Morgan fingerprint density at radius 2 is 1.28 bits per heavy atom. The largest absolute Gasteiger partial charge is 0.463 e. The van der Waals surface area contributed by atoms with Crippen LogP contribution in [-0.4, -0.2) is 96.2 Å². The number of alkyl carbamates (subject to hydrolysis) is 1. The Kier molecular flexibility index (Phi) is 13.4. The van der Waals surface area contributed by atoms with Gasteiger partial charge in [0.1, 0.15) is 36.0 Å². The fourth-order valence-corrected chi connectivity index (χ4v) is 3.87. The molecule has 0 aromatic heterocycles. The molecule has 16 heteroatoms. The first-order valence-corrected chi connectivity index (χ1v) is 13.5. The molecule has 0 saturated carbocycles. The van der Waals surface area contributed by atoms with E-state index >= 15 is 0 Å². The molecule has 0 aromatic carbocycles. The van der Waals surface area contributed by atoms with E-state index in [1.165, 1.54) is 0 Å². The van der Waals surface area contributed by atoms with Crippen LogP contribution in [0.25, 0.3) is 0 Å². The molecule has 6 atom stereocenters. The fourth-order valence-electron chi connectivity index (χ4n) is 3.87. The molecule has 0 bridgehead atoms. The van der Waals surface area contributed by atoms with Gasteiger partial charge < -0.3 is 44.4 Å². The van der Waals surface area contributed by atoms with Crippen LogP contribution in [0.1, 0.15) is 75.7 Å². The molecule has 1 fully saturated rings. The number of carbonyl (C=O) groups is 7. The Hall–Kier alpha value is -3.95. The quantitative estimate of drug-likeness (QED) is 0.224. The molecule has 1 heterocycles. The van der Waals surface area contributed by atoms with Crippen LogP contribution < -0.4 is 16.0 Å². The minimum atomic E-state index is -1.51. The summed E-state index contributed by atoms with van der Waals surface area (Å²) in [6, 6.07) is -2.83. The van der Waals surface area contributed by atoms with Gasteiger partial charge in [0.2, 0.25) is 11.8 Å². The van der Waals surface area contributed by atoms with Gasteiger partial charge in [-0.2, -0.15) is 0 Å². The van der Waals surface area contributed by atoms with Crippen molar-refractivity contribution in [2.45, 2.75) is 123 Å². The van der Waals surface area contributed by atoms with E-state index < -0.39 is 103 Å². The van der Waals surface area contributed by atoms with E-state index in [-0.39, 0.29) is 0 Å². The maximum Gasteiger partial charge on any atom is 0.408 e. The highest BCUT2D eigenvalue weighted by molar-refractivity contribution is 5.88. The predicted octanol–water partition coefficient (Wildman–Crippen LogP) is 0.384. The van der Waals surface area contributed by atoms with Crippen LogP contribution in [0, 0.1) is 0 Å². The normalized spacial score (nSPS) is 22.6. The van der Waals surface area contributed by atoms with Crippen molar-refractivity contribution in [2.24, 2.45) is 0 Å². The van der Waals surface area contributed by atoms with Crippen molar-refractivity contribution in [3.8, 4) is 0 Å². The summed E-state index contributed by atoms with van der Waals surface area (Å²) in [7, 11) is 0. The van der Waals surface area contributed by atoms with Gasteiger partial charge >= 0.3 is 30.0 Å². The number of esters is 4. The van der Waals surface area contributed by atoms with E-state index in [4.69, 9.17) is 28.4 Å². The number of ether oxygens (including phenoxy) is 6. The molecule has 3 amide bonds. The molecule has 0 aromatic rings. The predicted molar refractivity (Wildman–Crippen MR) is 146 cm³/mol. The van der Waals surface area contributed by atoms with Gasteiger partial charge in [0.05, 0.1) is 6.42 Å². The van der Waals surface area contributed by atoms with Gasteiger partial charge in [-0.15, -0.1) is 0 Å². The van der Waals surface area contributed by atoms with E-state index in [0.717, 1.165) is 27.7 Å². The topological polar surface area (TPSA) is 211 Å². The Labute approximate surface area is 250 Å². The van der Waals surface area contributed by atoms with Crippen molar-refractivity contribution in [3.05, 3.63) is 0 Å². The average Bonchev–Trinajstić information content (AvgIpc) is 2.78. The number of hydrogen-bond acceptors (Lipinski definition) is 13. The molecule has 0 spiro atoms. The average molecular weight is 618 g/mol. The molecule has 16 nitrogen and oxygen atoms in total. The highest BCUT2D eigenvalue weighted by atomic mass is 16.6. The second kappa shape index (κ2) is 15.5. The minimum absolute atomic E-state index is 0.481. The maximum absolute atomic E-state index is 13.3. The first-order valence-electron chi connectivity index (χ1n) is 13.5. The fraction of sp³-hybridized carbons (Fsp3) is 0.741. The summed E-state index contributed by atoms with van der Waals surface area (Å²) in [5, 5.41) is 7.32. The third kappa shape index (κ3) is 14.2. The van der Waals surface area contributed by atoms with E-state index in [1.807, 2.05) is 0 Å². The minimum Gasteiger partial charge on any atom is -0.463 e. The molecule has 0 radical (unpaired) electrons. The van der Waals surface area contributed by atoms with Crippen molar-refractivity contribution in [3.63, 3.8) is 0 Å². The monoisotopic (exact) mass is 617 g/mol. The highest BCUT2D eigenvalue weighted by Gasteiger charge is 2.51. The molecule has 0 aliphatic carbocycles. The first-order chi connectivity index (χ1) is 19.6. The molecule has 3 N–H and O–H groups in total. The van der Waals surface area contributed by atoms with Gasteiger partial charge in [0, 0.05) is 27.7 Å². The zero-order valence-electron chi connectivity index (χ0n) is 26.2. The van der Waals surface area contributed by atoms with Crippen molar-refractivity contribution in [1.82, 2.24) is 16.0 Å². The number of hydrogen-bond donors (Lipinski definition) is 3. The van der Waals surface area contributed by atoms with Crippen molar-refractivity contribution in [1.29, 1.82) is 0 Å². The Morgan fingerprint density at radius 3 is 1.74 bits per heavy atom. The first kappa shape index (κ1) is 37.1. The second-order valence-corrected chi connectivity index (χ2v) is 11.8. The third-order valence-electron chi connectivity index (χ3n) is 5.19. The van der Waals surface area contributed by atoms with Gasteiger partial charge in [-0.3, -0.25) is 24.0 Å². The van der Waals surface area contributed by atoms with E-state index in [1.54, 1.807) is 41.5 Å². The van der Waals surface area contributed by atoms with Gasteiger partial charge in [0.25, 0.3) is 0 Å². The summed E-state index contributed by atoms with van der Waals surface area (Å²) >= 11 is 0. The molecular weight excluding hydrogens is 574 g/mol. The number of nitrogens with one attached hydrogen (secondary N) is 3. The molecule has 1 aliphatic heterocycles. The summed E-state index contributed by atoms with van der Waals surface area (Å²) in [5.74, 6) is -4.74.